The number of rotatable bonds is 6. The summed E-state index contributed by atoms with van der Waals surface area (Å²) in [6, 6.07) is 15.3. The Hall–Kier alpha value is -3.50. The fourth-order valence-corrected chi connectivity index (χ4v) is 6.32. The van der Waals surface area contributed by atoms with Gasteiger partial charge in [-0.15, -0.1) is 23.2 Å². The van der Waals surface area contributed by atoms with E-state index in [1.54, 1.807) is 0 Å². The van der Waals surface area contributed by atoms with E-state index >= 15 is 0 Å². The molecule has 2 aromatic rings. The van der Waals surface area contributed by atoms with Crippen molar-refractivity contribution in [3.05, 3.63) is 71.8 Å². The number of alkyl halides is 2. The zero-order valence-corrected chi connectivity index (χ0v) is 24.5. The lowest BCUT2D eigenvalue weighted by atomic mass is 9.89. The average Bonchev–Trinajstić information content (AvgIpc) is 3.01. The number of amides is 4. The van der Waals surface area contributed by atoms with Crippen molar-refractivity contribution < 1.29 is 28.7 Å². The molecule has 4 amide bonds. The monoisotopic (exact) mass is 616 g/mol. The fraction of sp³-hybridized carbons (Fsp3) is 0.467. The Morgan fingerprint density at radius 2 is 1.05 bits per heavy atom. The Morgan fingerprint density at radius 3 is 1.43 bits per heavy atom. The van der Waals surface area contributed by atoms with Gasteiger partial charge in [-0.3, -0.25) is 9.59 Å². The van der Waals surface area contributed by atoms with E-state index in [1.165, 1.54) is 9.80 Å². The molecule has 3 heterocycles. The van der Waals surface area contributed by atoms with Gasteiger partial charge in [0.2, 0.25) is 11.8 Å². The van der Waals surface area contributed by atoms with Crippen LogP contribution in [0.3, 0.4) is 0 Å². The van der Waals surface area contributed by atoms with Crippen LogP contribution in [0, 0.1) is 0 Å². The summed E-state index contributed by atoms with van der Waals surface area (Å²) < 4.78 is 11.1. The zero-order valence-electron chi connectivity index (χ0n) is 23.0. The van der Waals surface area contributed by atoms with E-state index in [2.05, 4.69) is 10.6 Å². The SMILES string of the molecule is O=C1NC(C2CCC(Cl)CN2C(=O)OCc2ccccc2)C(=O)NC1C1CCC(Cl)CN1C(=O)OCc1ccccc1. The number of piperazine rings is 1. The van der Waals surface area contributed by atoms with E-state index in [-0.39, 0.29) is 37.1 Å². The first-order valence-corrected chi connectivity index (χ1v) is 15.0. The van der Waals surface area contributed by atoms with Gasteiger partial charge in [-0.2, -0.15) is 0 Å². The molecule has 3 aliphatic rings. The molecule has 10 nitrogen and oxygen atoms in total. The van der Waals surface area contributed by atoms with E-state index in [4.69, 9.17) is 32.7 Å². The molecule has 0 aromatic heterocycles. The third-order valence-corrected chi connectivity index (χ3v) is 8.66. The maximum Gasteiger partial charge on any atom is 0.410 e. The molecule has 224 valence electrons. The zero-order chi connectivity index (χ0) is 29.6. The highest BCUT2D eigenvalue weighted by atomic mass is 35.5. The van der Waals surface area contributed by atoms with E-state index in [9.17, 15) is 19.2 Å². The van der Waals surface area contributed by atoms with E-state index in [0.717, 1.165) is 11.1 Å². The van der Waals surface area contributed by atoms with Crippen molar-refractivity contribution in [1.82, 2.24) is 20.4 Å². The molecular formula is C30H34Cl2N4O6. The van der Waals surface area contributed by atoms with Crippen molar-refractivity contribution in [2.24, 2.45) is 0 Å². The summed E-state index contributed by atoms with van der Waals surface area (Å²) >= 11 is 12.8. The fourth-order valence-electron chi connectivity index (χ4n) is 5.77. The van der Waals surface area contributed by atoms with Crippen LogP contribution in [0.4, 0.5) is 9.59 Å². The van der Waals surface area contributed by atoms with Crippen molar-refractivity contribution in [3.63, 3.8) is 0 Å². The summed E-state index contributed by atoms with van der Waals surface area (Å²) in [6.45, 7) is 0.509. The molecule has 2 N–H and O–H groups in total. The number of carbonyl (C=O) groups excluding carboxylic acids is 4. The predicted molar refractivity (Wildman–Crippen MR) is 156 cm³/mol. The third-order valence-electron chi connectivity index (χ3n) is 7.95. The smallest absolute Gasteiger partial charge is 0.410 e. The van der Waals surface area contributed by atoms with Crippen LogP contribution in [-0.4, -0.2) is 81.8 Å². The number of carbonyl (C=O) groups is 4. The molecule has 3 saturated heterocycles. The lowest BCUT2D eigenvalue weighted by molar-refractivity contribution is -0.140. The highest BCUT2D eigenvalue weighted by Gasteiger charge is 2.48. The highest BCUT2D eigenvalue weighted by Crippen LogP contribution is 2.29. The summed E-state index contributed by atoms with van der Waals surface area (Å²) in [4.78, 5) is 56.0. The van der Waals surface area contributed by atoms with Crippen LogP contribution in [0.1, 0.15) is 36.8 Å². The molecule has 42 heavy (non-hydrogen) atoms. The number of likely N-dealkylation sites (tertiary alicyclic amines) is 2. The molecular weight excluding hydrogens is 583 g/mol. The number of ether oxygens (including phenoxy) is 2. The highest BCUT2D eigenvalue weighted by molar-refractivity contribution is 6.21. The molecule has 5 rings (SSSR count). The summed E-state index contributed by atoms with van der Waals surface area (Å²) in [7, 11) is 0. The minimum Gasteiger partial charge on any atom is -0.445 e. The van der Waals surface area contributed by atoms with Gasteiger partial charge in [-0.05, 0) is 36.8 Å². The molecule has 2 aromatic carbocycles. The first-order valence-electron chi connectivity index (χ1n) is 14.1. The van der Waals surface area contributed by atoms with Crippen LogP contribution in [0.25, 0.3) is 0 Å². The molecule has 0 spiro atoms. The van der Waals surface area contributed by atoms with Gasteiger partial charge in [-0.25, -0.2) is 9.59 Å². The minimum absolute atomic E-state index is 0.0700. The molecule has 6 atom stereocenters. The summed E-state index contributed by atoms with van der Waals surface area (Å²) in [6.07, 6.45) is 0.744. The van der Waals surface area contributed by atoms with Crippen molar-refractivity contribution in [2.45, 2.75) is 73.8 Å². The Kier molecular flexibility index (Phi) is 9.74. The first kappa shape index (κ1) is 30.0. The number of benzene rings is 2. The number of hydrogen-bond donors (Lipinski definition) is 2. The largest absolute Gasteiger partial charge is 0.445 e. The second-order valence-electron chi connectivity index (χ2n) is 10.8. The normalized spacial score (nSPS) is 28.0. The van der Waals surface area contributed by atoms with Crippen LogP contribution in [0.5, 0.6) is 0 Å². The number of hydrogen-bond acceptors (Lipinski definition) is 6. The molecule has 0 saturated carbocycles. The maximum atomic E-state index is 13.5. The minimum atomic E-state index is -0.995. The second-order valence-corrected chi connectivity index (χ2v) is 12.1. The van der Waals surface area contributed by atoms with Gasteiger partial charge in [0, 0.05) is 13.1 Å². The number of nitrogens with zero attached hydrogens (tertiary/aromatic N) is 2. The molecule has 0 aliphatic carbocycles. The third kappa shape index (κ3) is 7.10. The predicted octanol–water partition coefficient (Wildman–Crippen LogP) is 3.79. The second kappa shape index (κ2) is 13.6. The lowest BCUT2D eigenvalue weighted by Crippen LogP contribution is -2.73. The summed E-state index contributed by atoms with van der Waals surface area (Å²) in [5, 5.41) is 5.05. The summed E-state index contributed by atoms with van der Waals surface area (Å²) in [5.41, 5.74) is 1.65. The average molecular weight is 618 g/mol. The Labute approximate surface area is 254 Å². The van der Waals surface area contributed by atoms with Crippen LogP contribution in [-0.2, 0) is 32.3 Å². The van der Waals surface area contributed by atoms with E-state index < -0.39 is 48.2 Å². The Bertz CT molecular complexity index is 1170. The van der Waals surface area contributed by atoms with Gasteiger partial charge < -0.3 is 29.9 Å². The Morgan fingerprint density at radius 1 is 0.667 bits per heavy atom. The van der Waals surface area contributed by atoms with Crippen molar-refractivity contribution in [2.75, 3.05) is 13.1 Å². The molecule has 12 heteroatoms. The molecule has 6 unspecified atom stereocenters. The van der Waals surface area contributed by atoms with Crippen molar-refractivity contribution in [1.29, 1.82) is 0 Å². The van der Waals surface area contributed by atoms with Gasteiger partial charge in [-0.1, -0.05) is 60.7 Å². The van der Waals surface area contributed by atoms with Crippen LogP contribution < -0.4 is 10.6 Å². The quantitative estimate of drug-likeness (QED) is 0.477. The maximum absolute atomic E-state index is 13.5. The standard InChI is InChI=1S/C30H34Cl2N4O6/c31-21-11-13-23(35(15-21)29(39)41-17-19-7-3-1-4-8-19)25-27(37)34-26(28(38)33-25)24-14-12-22(32)16-36(24)30(40)42-18-20-9-5-2-6-10-20/h1-10,21-26H,11-18H2,(H,33,38)(H,34,37). The number of nitrogens with one attached hydrogen (secondary N) is 2. The van der Waals surface area contributed by atoms with Crippen molar-refractivity contribution >= 4 is 47.2 Å². The van der Waals surface area contributed by atoms with Gasteiger partial charge in [0.1, 0.15) is 25.3 Å². The Balaban J connectivity index is 1.25. The number of halogens is 2. The number of piperidine rings is 2. The van der Waals surface area contributed by atoms with Gasteiger partial charge in [0.05, 0.1) is 22.8 Å². The summed E-state index contributed by atoms with van der Waals surface area (Å²) in [5.74, 6) is -0.881. The lowest BCUT2D eigenvalue weighted by Gasteiger charge is -2.46. The van der Waals surface area contributed by atoms with Gasteiger partial charge >= 0.3 is 12.2 Å². The van der Waals surface area contributed by atoms with Gasteiger partial charge in [0.25, 0.3) is 0 Å². The van der Waals surface area contributed by atoms with E-state index in [0.29, 0.717) is 25.7 Å². The molecule has 3 fully saturated rings. The molecule has 0 bridgehead atoms. The molecule has 3 aliphatic heterocycles. The van der Waals surface area contributed by atoms with Gasteiger partial charge in [0.15, 0.2) is 0 Å². The molecule has 0 radical (unpaired) electrons. The first-order chi connectivity index (χ1) is 20.3. The van der Waals surface area contributed by atoms with Crippen LogP contribution >= 0.6 is 23.2 Å². The van der Waals surface area contributed by atoms with Crippen LogP contribution in [0.2, 0.25) is 0 Å². The van der Waals surface area contributed by atoms with Crippen LogP contribution in [0.15, 0.2) is 60.7 Å². The van der Waals surface area contributed by atoms with E-state index in [1.807, 2.05) is 60.7 Å². The van der Waals surface area contributed by atoms with Crippen molar-refractivity contribution in [3.8, 4) is 0 Å². The topological polar surface area (TPSA) is 117 Å².